The Bertz CT molecular complexity index is 316. The van der Waals surface area contributed by atoms with Crippen molar-refractivity contribution in [1.29, 1.82) is 0 Å². The lowest BCUT2D eigenvalue weighted by Crippen LogP contribution is -2.01. The molecule has 0 unspecified atom stereocenters. The van der Waals surface area contributed by atoms with Crippen LogP contribution in [0.25, 0.3) is 0 Å². The molecule has 0 saturated heterocycles. The first kappa shape index (κ1) is 13.4. The molecule has 90 valence electrons. The molecular weight excluding hydrogens is 266 g/mol. The summed E-state index contributed by atoms with van der Waals surface area (Å²) in [6, 6.07) is 3.96. The molecule has 3 heteroatoms. The molecule has 0 aromatic heterocycles. The Morgan fingerprint density at radius 1 is 1.25 bits per heavy atom. The van der Waals surface area contributed by atoms with E-state index in [1.54, 1.807) is 0 Å². The maximum absolute atomic E-state index is 5.91. The topological polar surface area (TPSA) is 35.2 Å². The fourth-order valence-corrected chi connectivity index (χ4v) is 2.32. The predicted octanol–water partition coefficient (Wildman–Crippen LogP) is 4.30. The van der Waals surface area contributed by atoms with Gasteiger partial charge < -0.3 is 10.5 Å². The van der Waals surface area contributed by atoms with E-state index in [4.69, 9.17) is 10.5 Å². The summed E-state index contributed by atoms with van der Waals surface area (Å²) in [7, 11) is 0. The van der Waals surface area contributed by atoms with E-state index in [9.17, 15) is 0 Å². The minimum Gasteiger partial charge on any atom is -0.490 e. The van der Waals surface area contributed by atoms with E-state index in [0.717, 1.165) is 28.8 Å². The number of halogens is 1. The minimum atomic E-state index is 0.711. The van der Waals surface area contributed by atoms with Gasteiger partial charge in [-0.1, -0.05) is 26.2 Å². The van der Waals surface area contributed by atoms with Crippen molar-refractivity contribution < 1.29 is 4.74 Å². The van der Waals surface area contributed by atoms with E-state index in [0.29, 0.717) is 5.69 Å². The van der Waals surface area contributed by atoms with Gasteiger partial charge in [-0.15, -0.1) is 0 Å². The predicted molar refractivity (Wildman–Crippen MR) is 72.9 cm³/mol. The van der Waals surface area contributed by atoms with Crippen LogP contribution in [-0.4, -0.2) is 6.61 Å². The smallest absolute Gasteiger partial charge is 0.156 e. The fraction of sp³-hybridized carbons (Fsp3) is 0.538. The van der Waals surface area contributed by atoms with Crippen molar-refractivity contribution in [3.8, 4) is 5.75 Å². The minimum absolute atomic E-state index is 0.711. The maximum atomic E-state index is 5.91. The summed E-state index contributed by atoms with van der Waals surface area (Å²) in [5.41, 5.74) is 7.76. The molecule has 0 bridgehead atoms. The molecular formula is C13H20BrNO. The molecule has 0 radical (unpaired) electrons. The molecule has 0 saturated carbocycles. The second-order valence-corrected chi connectivity index (χ2v) is 4.93. The highest BCUT2D eigenvalue weighted by Crippen LogP contribution is 2.32. The quantitative estimate of drug-likeness (QED) is 0.625. The average molecular weight is 286 g/mol. The molecule has 2 N–H and O–H groups in total. The Labute approximate surface area is 106 Å². The standard InChI is InChI=1S/C13H20BrNO/c1-3-4-5-6-7-16-13-11(14)8-10(2)9-12(13)15/h8-9H,3-7,15H2,1-2H3. The van der Waals surface area contributed by atoms with Crippen LogP contribution in [0, 0.1) is 6.92 Å². The van der Waals surface area contributed by atoms with Gasteiger partial charge in [0.2, 0.25) is 0 Å². The van der Waals surface area contributed by atoms with Crippen molar-refractivity contribution in [2.24, 2.45) is 0 Å². The van der Waals surface area contributed by atoms with Crippen molar-refractivity contribution >= 4 is 21.6 Å². The van der Waals surface area contributed by atoms with E-state index in [-0.39, 0.29) is 0 Å². The van der Waals surface area contributed by atoms with E-state index in [1.165, 1.54) is 19.3 Å². The molecule has 2 nitrogen and oxygen atoms in total. The third-order valence-corrected chi connectivity index (χ3v) is 3.05. The third-order valence-electron chi connectivity index (χ3n) is 2.46. The number of hydrogen-bond acceptors (Lipinski definition) is 2. The Morgan fingerprint density at radius 2 is 2.00 bits per heavy atom. The largest absolute Gasteiger partial charge is 0.490 e. The number of ether oxygens (including phenoxy) is 1. The van der Waals surface area contributed by atoms with Gasteiger partial charge in [-0.3, -0.25) is 0 Å². The highest BCUT2D eigenvalue weighted by atomic mass is 79.9. The molecule has 0 aliphatic rings. The van der Waals surface area contributed by atoms with Crippen LogP contribution >= 0.6 is 15.9 Å². The molecule has 16 heavy (non-hydrogen) atoms. The van der Waals surface area contributed by atoms with Crippen LogP contribution in [0.1, 0.15) is 38.2 Å². The zero-order valence-electron chi connectivity index (χ0n) is 10.1. The highest BCUT2D eigenvalue weighted by molar-refractivity contribution is 9.10. The zero-order chi connectivity index (χ0) is 12.0. The van der Waals surface area contributed by atoms with Crippen molar-refractivity contribution in [2.75, 3.05) is 12.3 Å². The second kappa shape index (κ2) is 6.79. The monoisotopic (exact) mass is 285 g/mol. The van der Waals surface area contributed by atoms with Crippen molar-refractivity contribution in [3.05, 3.63) is 22.2 Å². The summed E-state index contributed by atoms with van der Waals surface area (Å²) in [4.78, 5) is 0. The first-order valence-corrected chi connectivity index (χ1v) is 6.63. The number of hydrogen-bond donors (Lipinski definition) is 1. The van der Waals surface area contributed by atoms with Crippen molar-refractivity contribution in [3.63, 3.8) is 0 Å². The lowest BCUT2D eigenvalue weighted by atomic mass is 10.2. The Hall–Kier alpha value is -0.700. The maximum Gasteiger partial charge on any atom is 0.156 e. The molecule has 0 aliphatic carbocycles. The SMILES string of the molecule is CCCCCCOc1c(N)cc(C)cc1Br. The van der Waals surface area contributed by atoms with Crippen LogP contribution in [0.4, 0.5) is 5.69 Å². The molecule has 0 heterocycles. The van der Waals surface area contributed by atoms with Crippen molar-refractivity contribution in [1.82, 2.24) is 0 Å². The second-order valence-electron chi connectivity index (χ2n) is 4.07. The number of anilines is 1. The van der Waals surface area contributed by atoms with Gasteiger partial charge in [-0.25, -0.2) is 0 Å². The zero-order valence-corrected chi connectivity index (χ0v) is 11.6. The molecule has 0 aliphatic heterocycles. The van der Waals surface area contributed by atoms with Crippen LogP contribution in [0.15, 0.2) is 16.6 Å². The Balaban J connectivity index is 2.47. The summed E-state index contributed by atoms with van der Waals surface area (Å²) in [5, 5.41) is 0. The lowest BCUT2D eigenvalue weighted by molar-refractivity contribution is 0.305. The summed E-state index contributed by atoms with van der Waals surface area (Å²) >= 11 is 3.48. The number of nitrogens with two attached hydrogens (primary N) is 1. The van der Waals surface area contributed by atoms with Gasteiger partial charge >= 0.3 is 0 Å². The fourth-order valence-electron chi connectivity index (χ4n) is 1.61. The number of nitrogen functional groups attached to an aromatic ring is 1. The summed E-state index contributed by atoms with van der Waals surface area (Å²) in [6.07, 6.45) is 4.83. The summed E-state index contributed by atoms with van der Waals surface area (Å²) in [5.74, 6) is 0.780. The molecule has 0 atom stereocenters. The first-order valence-electron chi connectivity index (χ1n) is 5.83. The van der Waals surface area contributed by atoms with E-state index in [1.807, 2.05) is 19.1 Å². The van der Waals surface area contributed by atoms with E-state index in [2.05, 4.69) is 22.9 Å². The summed E-state index contributed by atoms with van der Waals surface area (Å²) < 4.78 is 6.64. The first-order chi connectivity index (χ1) is 7.65. The number of benzene rings is 1. The molecule has 1 aromatic carbocycles. The van der Waals surface area contributed by atoms with Gasteiger partial charge in [0.25, 0.3) is 0 Å². The number of unbranched alkanes of at least 4 members (excludes halogenated alkanes) is 3. The third kappa shape index (κ3) is 4.05. The van der Waals surface area contributed by atoms with Crippen LogP contribution in [0.2, 0.25) is 0 Å². The van der Waals surface area contributed by atoms with Gasteiger partial charge in [0.1, 0.15) is 0 Å². The van der Waals surface area contributed by atoms with E-state index < -0.39 is 0 Å². The van der Waals surface area contributed by atoms with Gasteiger partial charge in [0, 0.05) is 0 Å². The average Bonchev–Trinajstić information content (AvgIpc) is 2.20. The lowest BCUT2D eigenvalue weighted by Gasteiger charge is -2.11. The molecule has 1 rings (SSSR count). The van der Waals surface area contributed by atoms with Crippen molar-refractivity contribution in [2.45, 2.75) is 39.5 Å². The van der Waals surface area contributed by atoms with Crippen LogP contribution in [-0.2, 0) is 0 Å². The molecule has 0 amide bonds. The summed E-state index contributed by atoms with van der Waals surface area (Å²) in [6.45, 7) is 4.97. The highest BCUT2D eigenvalue weighted by Gasteiger charge is 2.06. The van der Waals surface area contributed by atoms with Gasteiger partial charge in [0.05, 0.1) is 16.8 Å². The number of aryl methyl sites for hydroxylation is 1. The Kier molecular flexibility index (Phi) is 5.67. The van der Waals surface area contributed by atoms with Crippen LogP contribution < -0.4 is 10.5 Å². The van der Waals surface area contributed by atoms with Gasteiger partial charge in [0.15, 0.2) is 5.75 Å². The van der Waals surface area contributed by atoms with Gasteiger partial charge in [-0.05, 0) is 47.0 Å². The Morgan fingerprint density at radius 3 is 2.62 bits per heavy atom. The van der Waals surface area contributed by atoms with E-state index >= 15 is 0 Å². The number of rotatable bonds is 6. The molecule has 0 spiro atoms. The molecule has 1 aromatic rings. The van der Waals surface area contributed by atoms with Gasteiger partial charge in [-0.2, -0.15) is 0 Å². The van der Waals surface area contributed by atoms with Crippen LogP contribution in [0.5, 0.6) is 5.75 Å². The molecule has 0 fully saturated rings. The van der Waals surface area contributed by atoms with Crippen LogP contribution in [0.3, 0.4) is 0 Å². The normalized spacial score (nSPS) is 10.4.